The highest BCUT2D eigenvalue weighted by Gasteiger charge is 2.22. The number of unbranched alkanes of at least 4 members (excludes halogenated alkanes) is 1. The Bertz CT molecular complexity index is 476. The van der Waals surface area contributed by atoms with E-state index in [1.165, 1.54) is 6.42 Å². The SMILES string of the molecule is CCc1ccccc1C(=O)NCCCCN1CCCC1CO. The van der Waals surface area contributed by atoms with Gasteiger partial charge in [-0.2, -0.15) is 0 Å². The van der Waals surface area contributed by atoms with Crippen LogP contribution >= 0.6 is 0 Å². The zero-order chi connectivity index (χ0) is 15.8. The fourth-order valence-electron chi connectivity index (χ4n) is 3.18. The van der Waals surface area contributed by atoms with E-state index in [2.05, 4.69) is 17.1 Å². The molecule has 1 unspecified atom stereocenters. The number of nitrogens with zero attached hydrogens (tertiary/aromatic N) is 1. The van der Waals surface area contributed by atoms with Gasteiger partial charge in [-0.05, 0) is 56.8 Å². The van der Waals surface area contributed by atoms with Crippen LogP contribution in [-0.2, 0) is 6.42 Å². The van der Waals surface area contributed by atoms with Gasteiger partial charge < -0.3 is 10.4 Å². The highest BCUT2D eigenvalue weighted by Crippen LogP contribution is 2.16. The number of carbonyl (C=O) groups excluding carboxylic acids is 1. The Labute approximate surface area is 133 Å². The van der Waals surface area contributed by atoms with Crippen molar-refractivity contribution in [2.75, 3.05) is 26.2 Å². The molecule has 1 fully saturated rings. The molecule has 0 aliphatic carbocycles. The standard InChI is InChI=1S/C18H28N2O2/c1-2-15-8-3-4-10-17(15)18(22)19-11-5-6-12-20-13-7-9-16(20)14-21/h3-4,8,10,16,21H,2,5-7,9,11-14H2,1H3,(H,19,22). The van der Waals surface area contributed by atoms with Gasteiger partial charge in [-0.15, -0.1) is 0 Å². The summed E-state index contributed by atoms with van der Waals surface area (Å²) in [5.74, 6) is 0.0341. The van der Waals surface area contributed by atoms with Crippen LogP contribution in [0.25, 0.3) is 0 Å². The molecule has 1 atom stereocenters. The van der Waals surface area contributed by atoms with Gasteiger partial charge >= 0.3 is 0 Å². The van der Waals surface area contributed by atoms with Gasteiger partial charge in [0.05, 0.1) is 6.61 Å². The van der Waals surface area contributed by atoms with Crippen LogP contribution in [0, 0.1) is 0 Å². The Morgan fingerprint density at radius 3 is 2.95 bits per heavy atom. The number of aliphatic hydroxyl groups is 1. The first-order valence-electron chi connectivity index (χ1n) is 8.47. The van der Waals surface area contributed by atoms with E-state index in [9.17, 15) is 9.90 Å². The van der Waals surface area contributed by atoms with E-state index in [-0.39, 0.29) is 12.5 Å². The summed E-state index contributed by atoms with van der Waals surface area (Å²) in [6.07, 6.45) is 5.22. The van der Waals surface area contributed by atoms with Crippen molar-refractivity contribution in [2.45, 2.75) is 45.1 Å². The fraction of sp³-hybridized carbons (Fsp3) is 0.611. The molecule has 22 heavy (non-hydrogen) atoms. The summed E-state index contributed by atoms with van der Waals surface area (Å²) in [5.41, 5.74) is 1.90. The van der Waals surface area contributed by atoms with Crippen LogP contribution in [0.1, 0.15) is 48.5 Å². The first-order chi connectivity index (χ1) is 10.8. The lowest BCUT2D eigenvalue weighted by Gasteiger charge is -2.22. The Morgan fingerprint density at radius 1 is 1.36 bits per heavy atom. The Balaban J connectivity index is 1.67. The highest BCUT2D eigenvalue weighted by atomic mass is 16.3. The predicted molar refractivity (Wildman–Crippen MR) is 89.1 cm³/mol. The van der Waals surface area contributed by atoms with Crippen LogP contribution in [0.2, 0.25) is 0 Å². The number of aryl methyl sites for hydroxylation is 1. The van der Waals surface area contributed by atoms with Crippen molar-refractivity contribution in [2.24, 2.45) is 0 Å². The molecule has 1 aromatic rings. The molecule has 0 saturated carbocycles. The zero-order valence-corrected chi connectivity index (χ0v) is 13.6. The van der Waals surface area contributed by atoms with Gasteiger partial charge in [0.15, 0.2) is 0 Å². The molecule has 0 spiro atoms. The van der Waals surface area contributed by atoms with Crippen molar-refractivity contribution in [1.82, 2.24) is 10.2 Å². The number of aliphatic hydroxyl groups excluding tert-OH is 1. The van der Waals surface area contributed by atoms with E-state index in [0.29, 0.717) is 12.6 Å². The van der Waals surface area contributed by atoms with Crippen molar-refractivity contribution in [1.29, 1.82) is 0 Å². The van der Waals surface area contributed by atoms with Crippen molar-refractivity contribution >= 4 is 5.91 Å². The molecule has 122 valence electrons. The largest absolute Gasteiger partial charge is 0.395 e. The first-order valence-corrected chi connectivity index (χ1v) is 8.47. The van der Waals surface area contributed by atoms with Crippen LogP contribution < -0.4 is 5.32 Å². The summed E-state index contributed by atoms with van der Waals surface area (Å²) < 4.78 is 0. The van der Waals surface area contributed by atoms with Crippen molar-refractivity contribution < 1.29 is 9.90 Å². The summed E-state index contributed by atoms with van der Waals surface area (Å²) in [4.78, 5) is 14.6. The van der Waals surface area contributed by atoms with E-state index in [1.54, 1.807) is 0 Å². The van der Waals surface area contributed by atoms with Gasteiger partial charge in [0.1, 0.15) is 0 Å². The summed E-state index contributed by atoms with van der Waals surface area (Å²) in [5, 5.41) is 12.3. The van der Waals surface area contributed by atoms with Gasteiger partial charge in [-0.1, -0.05) is 25.1 Å². The molecule has 1 aliphatic heterocycles. The smallest absolute Gasteiger partial charge is 0.251 e. The lowest BCUT2D eigenvalue weighted by molar-refractivity contribution is 0.0951. The molecule has 2 N–H and O–H groups in total. The van der Waals surface area contributed by atoms with Gasteiger partial charge in [0.25, 0.3) is 5.91 Å². The van der Waals surface area contributed by atoms with E-state index in [1.807, 2.05) is 24.3 Å². The molecule has 1 aromatic carbocycles. The second kappa shape index (κ2) is 8.91. The second-order valence-corrected chi connectivity index (χ2v) is 5.99. The molecule has 0 aromatic heterocycles. The topological polar surface area (TPSA) is 52.6 Å². The Kier molecular flexibility index (Phi) is 6.87. The normalized spacial score (nSPS) is 18.5. The number of hydrogen-bond acceptors (Lipinski definition) is 3. The van der Waals surface area contributed by atoms with Crippen molar-refractivity contribution in [3.63, 3.8) is 0 Å². The average molecular weight is 304 g/mol. The number of likely N-dealkylation sites (tertiary alicyclic amines) is 1. The zero-order valence-electron chi connectivity index (χ0n) is 13.6. The minimum Gasteiger partial charge on any atom is -0.395 e. The van der Waals surface area contributed by atoms with Crippen LogP contribution in [0.15, 0.2) is 24.3 Å². The van der Waals surface area contributed by atoms with E-state index in [4.69, 9.17) is 0 Å². The summed E-state index contributed by atoms with van der Waals surface area (Å²) in [6.45, 7) is 5.17. The molecule has 0 radical (unpaired) electrons. The van der Waals surface area contributed by atoms with Gasteiger partial charge in [0, 0.05) is 18.2 Å². The maximum absolute atomic E-state index is 12.2. The summed E-state index contributed by atoms with van der Waals surface area (Å²) >= 11 is 0. The molecule has 4 nitrogen and oxygen atoms in total. The maximum atomic E-state index is 12.2. The Hall–Kier alpha value is -1.39. The summed E-state index contributed by atoms with van der Waals surface area (Å²) in [6, 6.07) is 8.15. The molecular weight excluding hydrogens is 276 g/mol. The quantitative estimate of drug-likeness (QED) is 0.724. The van der Waals surface area contributed by atoms with E-state index >= 15 is 0 Å². The molecule has 1 amide bonds. The van der Waals surface area contributed by atoms with Crippen LogP contribution in [0.4, 0.5) is 0 Å². The lowest BCUT2D eigenvalue weighted by atomic mass is 10.0. The monoisotopic (exact) mass is 304 g/mol. The molecule has 1 aliphatic rings. The summed E-state index contributed by atoms with van der Waals surface area (Å²) in [7, 11) is 0. The number of carbonyl (C=O) groups is 1. The van der Waals surface area contributed by atoms with Crippen molar-refractivity contribution in [3.05, 3.63) is 35.4 Å². The molecule has 4 heteroatoms. The molecule has 1 heterocycles. The lowest BCUT2D eigenvalue weighted by Crippen LogP contribution is -2.33. The third-order valence-corrected chi connectivity index (χ3v) is 4.51. The van der Waals surface area contributed by atoms with Gasteiger partial charge in [-0.3, -0.25) is 9.69 Å². The highest BCUT2D eigenvalue weighted by molar-refractivity contribution is 5.95. The number of benzene rings is 1. The van der Waals surface area contributed by atoms with Crippen LogP contribution in [0.5, 0.6) is 0 Å². The predicted octanol–water partition coefficient (Wildman–Crippen LogP) is 2.22. The molecular formula is C18H28N2O2. The average Bonchev–Trinajstić information content (AvgIpc) is 3.01. The number of amides is 1. The number of rotatable bonds is 8. The van der Waals surface area contributed by atoms with Crippen LogP contribution in [0.3, 0.4) is 0 Å². The number of hydrogen-bond donors (Lipinski definition) is 2. The molecule has 2 rings (SSSR count). The van der Waals surface area contributed by atoms with E-state index < -0.39 is 0 Å². The second-order valence-electron chi connectivity index (χ2n) is 5.99. The van der Waals surface area contributed by atoms with E-state index in [0.717, 1.165) is 49.9 Å². The van der Waals surface area contributed by atoms with Crippen LogP contribution in [-0.4, -0.2) is 48.2 Å². The third kappa shape index (κ3) is 4.55. The molecule has 1 saturated heterocycles. The van der Waals surface area contributed by atoms with Gasteiger partial charge in [0.2, 0.25) is 0 Å². The molecule has 0 bridgehead atoms. The minimum absolute atomic E-state index is 0.0341. The first kappa shape index (κ1) is 17.0. The fourth-order valence-corrected chi connectivity index (χ4v) is 3.18. The minimum atomic E-state index is 0.0341. The number of nitrogens with one attached hydrogen (secondary N) is 1. The third-order valence-electron chi connectivity index (χ3n) is 4.51. The maximum Gasteiger partial charge on any atom is 0.251 e. The van der Waals surface area contributed by atoms with Gasteiger partial charge in [-0.25, -0.2) is 0 Å². The van der Waals surface area contributed by atoms with Crippen molar-refractivity contribution in [3.8, 4) is 0 Å². The Morgan fingerprint density at radius 2 is 2.18 bits per heavy atom.